The van der Waals surface area contributed by atoms with Gasteiger partial charge in [-0.1, -0.05) is 30.3 Å². The van der Waals surface area contributed by atoms with Crippen molar-refractivity contribution in [3.8, 4) is 0 Å². The van der Waals surface area contributed by atoms with Crippen molar-refractivity contribution >= 4 is 23.9 Å². The van der Waals surface area contributed by atoms with Crippen molar-refractivity contribution in [3.63, 3.8) is 0 Å². The van der Waals surface area contributed by atoms with E-state index in [1.807, 2.05) is 31.6 Å². The first kappa shape index (κ1) is 18.8. The smallest absolute Gasteiger partial charge is 0.293 e. The Labute approximate surface area is 158 Å². The third kappa shape index (κ3) is 4.04. The van der Waals surface area contributed by atoms with Crippen LogP contribution in [-0.4, -0.2) is 50.5 Å². The van der Waals surface area contributed by atoms with Crippen LogP contribution in [-0.2, 0) is 9.53 Å². The zero-order chi connectivity index (χ0) is 18.8. The Morgan fingerprint density at radius 1 is 1.35 bits per heavy atom. The lowest BCUT2D eigenvalue weighted by molar-refractivity contribution is -0.138. The maximum Gasteiger partial charge on any atom is 0.293 e. The average Bonchev–Trinajstić information content (AvgIpc) is 2.90. The molecule has 2 N–H and O–H groups in total. The summed E-state index contributed by atoms with van der Waals surface area (Å²) in [5, 5.41) is 4.46. The second kappa shape index (κ2) is 7.32. The monoisotopic (exact) mass is 374 g/mol. The molecule has 0 bridgehead atoms. The average molecular weight is 375 g/mol. The number of rotatable bonds is 4. The number of carbonyl (C=O) groups excluding carboxylic acids is 1. The summed E-state index contributed by atoms with van der Waals surface area (Å²) in [5.41, 5.74) is 7.57. The summed E-state index contributed by atoms with van der Waals surface area (Å²) in [5.74, 6) is 1.21. The van der Waals surface area contributed by atoms with E-state index in [2.05, 4.69) is 56.8 Å². The number of nitrogens with zero attached hydrogens (tertiary/aromatic N) is 3. The van der Waals surface area contributed by atoms with Crippen LogP contribution in [0.2, 0.25) is 0 Å². The van der Waals surface area contributed by atoms with Gasteiger partial charge in [0.05, 0.1) is 11.9 Å². The van der Waals surface area contributed by atoms with E-state index >= 15 is 0 Å². The molecule has 2 fully saturated rings. The fourth-order valence-corrected chi connectivity index (χ4v) is 4.80. The van der Waals surface area contributed by atoms with Gasteiger partial charge in [-0.15, -0.1) is 11.8 Å². The number of anilines is 1. The summed E-state index contributed by atoms with van der Waals surface area (Å²) in [6.45, 7) is 8.26. The molecule has 0 radical (unpaired) electrons. The van der Waals surface area contributed by atoms with E-state index in [4.69, 9.17) is 5.73 Å². The Morgan fingerprint density at radius 2 is 2.08 bits per heavy atom. The van der Waals surface area contributed by atoms with E-state index < -0.39 is 0 Å². The number of ether oxygens (including phenoxy) is 1. The minimum absolute atomic E-state index is 0.194. The predicted octanol–water partition coefficient (Wildman–Crippen LogP) is 2.77. The van der Waals surface area contributed by atoms with Crippen LogP contribution < -0.4 is 5.73 Å². The third-order valence-corrected chi connectivity index (χ3v) is 5.89. The van der Waals surface area contributed by atoms with Crippen LogP contribution in [0, 0.1) is 0 Å². The molecule has 1 aromatic carbocycles. The lowest BCUT2D eigenvalue weighted by Gasteiger charge is -2.25. The van der Waals surface area contributed by atoms with Crippen LogP contribution in [0.15, 0.2) is 42.7 Å². The van der Waals surface area contributed by atoms with Gasteiger partial charge in [0.25, 0.3) is 6.47 Å². The van der Waals surface area contributed by atoms with Gasteiger partial charge >= 0.3 is 0 Å². The van der Waals surface area contributed by atoms with Crippen molar-refractivity contribution in [2.75, 3.05) is 24.6 Å². The maximum absolute atomic E-state index is 9.60. The molecule has 4 rings (SSSR count). The standard InChI is InChI=1S/C14H16N4S.C5H10O2/c15-12-8-16-18(9-12)13(11-4-2-1-3-5-11)14-10-17(14)6-7-19-14;1-5(2,3)7-4-6/h1-5,8-9,13H,6-7,10,15H2;4H,1-3H3. The largest absolute Gasteiger partial charge is 0.462 e. The second-order valence-corrected chi connectivity index (χ2v) is 8.91. The zero-order valence-corrected chi connectivity index (χ0v) is 16.3. The number of nitrogen functional groups attached to an aromatic ring is 1. The van der Waals surface area contributed by atoms with E-state index in [9.17, 15) is 4.79 Å². The highest BCUT2D eigenvalue weighted by Gasteiger charge is 2.62. The number of fused-ring (bicyclic) bond motifs is 1. The Morgan fingerprint density at radius 3 is 2.50 bits per heavy atom. The summed E-state index contributed by atoms with van der Waals surface area (Å²) >= 11 is 2.05. The number of thioether (sulfide) groups is 1. The van der Waals surface area contributed by atoms with E-state index in [1.165, 1.54) is 17.9 Å². The molecule has 26 heavy (non-hydrogen) atoms. The normalized spacial score (nSPS) is 24.8. The highest BCUT2D eigenvalue weighted by Crippen LogP contribution is 2.56. The fraction of sp³-hybridized carbons (Fsp3) is 0.474. The van der Waals surface area contributed by atoms with Crippen LogP contribution in [0.25, 0.3) is 0 Å². The molecule has 140 valence electrons. The van der Waals surface area contributed by atoms with E-state index in [0.29, 0.717) is 6.47 Å². The molecule has 1 aromatic heterocycles. The molecule has 0 aliphatic carbocycles. The van der Waals surface area contributed by atoms with Crippen LogP contribution in [0.5, 0.6) is 0 Å². The molecule has 0 amide bonds. The van der Waals surface area contributed by atoms with Gasteiger partial charge in [0, 0.05) is 25.0 Å². The molecule has 3 heterocycles. The molecule has 2 aliphatic rings. The van der Waals surface area contributed by atoms with Gasteiger partial charge in [0.2, 0.25) is 0 Å². The number of nitrogens with two attached hydrogens (primary N) is 1. The lowest BCUT2D eigenvalue weighted by Crippen LogP contribution is -2.27. The van der Waals surface area contributed by atoms with Crippen molar-refractivity contribution in [1.29, 1.82) is 0 Å². The molecule has 2 saturated heterocycles. The van der Waals surface area contributed by atoms with Crippen molar-refractivity contribution in [2.45, 2.75) is 37.3 Å². The summed E-state index contributed by atoms with van der Waals surface area (Å²) in [6.07, 6.45) is 3.68. The highest BCUT2D eigenvalue weighted by molar-refractivity contribution is 8.01. The molecule has 6 nitrogen and oxygen atoms in total. The number of hydrogen-bond acceptors (Lipinski definition) is 6. The number of carbonyl (C=O) groups is 1. The van der Waals surface area contributed by atoms with Gasteiger partial charge < -0.3 is 10.5 Å². The predicted molar refractivity (Wildman–Crippen MR) is 105 cm³/mol. The van der Waals surface area contributed by atoms with Crippen molar-refractivity contribution < 1.29 is 9.53 Å². The van der Waals surface area contributed by atoms with Gasteiger partial charge in [-0.05, 0) is 26.3 Å². The Kier molecular flexibility index (Phi) is 5.29. The van der Waals surface area contributed by atoms with Crippen LogP contribution in [0.1, 0.15) is 32.4 Å². The third-order valence-electron chi connectivity index (χ3n) is 4.39. The number of aromatic nitrogens is 2. The topological polar surface area (TPSA) is 73.2 Å². The summed E-state index contributed by atoms with van der Waals surface area (Å²) in [7, 11) is 0. The molecule has 0 saturated carbocycles. The minimum Gasteiger partial charge on any atom is -0.462 e. The molecule has 2 aromatic rings. The Hall–Kier alpha value is -1.99. The highest BCUT2D eigenvalue weighted by atomic mass is 32.2. The molecule has 0 spiro atoms. The van der Waals surface area contributed by atoms with Gasteiger partial charge in [-0.2, -0.15) is 5.10 Å². The SMILES string of the molecule is CC(C)(C)OC=O.Nc1cnn(C(c2ccccc2)C23CN2CCS3)c1. The molecule has 3 atom stereocenters. The van der Waals surface area contributed by atoms with E-state index in [0.717, 1.165) is 12.2 Å². The number of benzene rings is 1. The van der Waals surface area contributed by atoms with Gasteiger partial charge in [-0.25, -0.2) is 0 Å². The van der Waals surface area contributed by atoms with Crippen molar-refractivity contribution in [2.24, 2.45) is 0 Å². The van der Waals surface area contributed by atoms with Crippen LogP contribution >= 0.6 is 11.8 Å². The van der Waals surface area contributed by atoms with E-state index in [-0.39, 0.29) is 16.5 Å². The number of hydrogen-bond donors (Lipinski definition) is 1. The van der Waals surface area contributed by atoms with Gasteiger partial charge in [0.15, 0.2) is 0 Å². The summed E-state index contributed by atoms with van der Waals surface area (Å²) in [4.78, 5) is 12.3. The lowest BCUT2D eigenvalue weighted by atomic mass is 10.0. The van der Waals surface area contributed by atoms with Crippen molar-refractivity contribution in [1.82, 2.24) is 14.7 Å². The van der Waals surface area contributed by atoms with Crippen molar-refractivity contribution in [3.05, 3.63) is 48.3 Å². The van der Waals surface area contributed by atoms with Crippen LogP contribution in [0.4, 0.5) is 5.69 Å². The maximum atomic E-state index is 9.60. The molecular weight excluding hydrogens is 348 g/mol. The molecule has 2 aliphatic heterocycles. The molecular formula is C19H26N4O2S. The minimum atomic E-state index is -0.318. The van der Waals surface area contributed by atoms with Gasteiger partial charge in [0.1, 0.15) is 16.5 Å². The van der Waals surface area contributed by atoms with Crippen LogP contribution in [0.3, 0.4) is 0 Å². The Balaban J connectivity index is 0.000000242. The molecule has 3 unspecified atom stereocenters. The summed E-state index contributed by atoms with van der Waals surface area (Å²) < 4.78 is 6.58. The van der Waals surface area contributed by atoms with E-state index in [1.54, 1.807) is 6.20 Å². The van der Waals surface area contributed by atoms with Gasteiger partial charge in [-0.3, -0.25) is 14.4 Å². The zero-order valence-electron chi connectivity index (χ0n) is 15.5. The first-order valence-electron chi connectivity index (χ1n) is 8.71. The first-order chi connectivity index (χ1) is 12.4. The fourth-order valence-electron chi connectivity index (χ4n) is 3.21. The second-order valence-electron chi connectivity index (χ2n) is 7.51. The molecule has 7 heteroatoms. The quantitative estimate of drug-likeness (QED) is 0.655. The Bertz CT molecular complexity index is 743. The summed E-state index contributed by atoms with van der Waals surface area (Å²) in [6, 6.07) is 10.9. The first-order valence-corrected chi connectivity index (χ1v) is 9.69.